The van der Waals surface area contributed by atoms with E-state index in [1.165, 1.54) is 24.3 Å². The van der Waals surface area contributed by atoms with Crippen LogP contribution >= 0.6 is 38.5 Å². The zero-order chi connectivity index (χ0) is 13.1. The number of benzene rings is 2. The summed E-state index contributed by atoms with van der Waals surface area (Å²) in [6.07, 6.45) is 0. The van der Waals surface area contributed by atoms with Gasteiger partial charge in [-0.2, -0.15) is 0 Å². The van der Waals surface area contributed by atoms with E-state index in [0.717, 1.165) is 14.8 Å². The van der Waals surface area contributed by atoms with Crippen molar-refractivity contribution >= 4 is 44.2 Å². The summed E-state index contributed by atoms with van der Waals surface area (Å²) in [4.78, 5) is 0. The van der Waals surface area contributed by atoms with Gasteiger partial charge in [-0.05, 0) is 58.5 Å². The van der Waals surface area contributed by atoms with Crippen LogP contribution in [0.15, 0.2) is 40.9 Å². The monoisotopic (exact) mass is 423 g/mol. The van der Waals surface area contributed by atoms with E-state index in [-0.39, 0.29) is 11.6 Å². The molecule has 0 unspecified atom stereocenters. The molecule has 0 heterocycles. The molecule has 0 spiro atoms. The molecule has 5 heteroatoms. The van der Waals surface area contributed by atoms with Crippen molar-refractivity contribution in [3.8, 4) is 0 Å². The van der Waals surface area contributed by atoms with E-state index in [1.54, 1.807) is 12.1 Å². The summed E-state index contributed by atoms with van der Waals surface area (Å²) in [5.41, 5.74) is 1.80. The van der Waals surface area contributed by atoms with Gasteiger partial charge in [-0.15, -0.1) is 0 Å². The second-order valence-corrected chi connectivity index (χ2v) is 5.73. The van der Waals surface area contributed by atoms with Crippen LogP contribution in [0.2, 0.25) is 0 Å². The van der Waals surface area contributed by atoms with Crippen molar-refractivity contribution < 1.29 is 8.78 Å². The molecule has 1 nitrogen and oxygen atoms in total. The van der Waals surface area contributed by atoms with Gasteiger partial charge in [-0.3, -0.25) is 0 Å². The smallest absolute Gasteiger partial charge is 0.124 e. The molecule has 18 heavy (non-hydrogen) atoms. The second kappa shape index (κ2) is 5.97. The first-order chi connectivity index (χ1) is 8.56. The third kappa shape index (κ3) is 3.41. The summed E-state index contributed by atoms with van der Waals surface area (Å²) in [5.74, 6) is -0.532. The van der Waals surface area contributed by atoms with Gasteiger partial charge in [0.15, 0.2) is 0 Å². The molecule has 0 saturated heterocycles. The molecule has 0 aliphatic heterocycles. The fourth-order valence-electron chi connectivity index (χ4n) is 1.49. The lowest BCUT2D eigenvalue weighted by Crippen LogP contribution is -2.02. The fraction of sp³-hybridized carbons (Fsp3) is 0.0769. The minimum atomic E-state index is -0.276. The molecule has 0 aliphatic carbocycles. The molecule has 0 radical (unpaired) electrons. The van der Waals surface area contributed by atoms with Gasteiger partial charge in [0.25, 0.3) is 0 Å². The molecule has 0 fully saturated rings. The maximum Gasteiger partial charge on any atom is 0.124 e. The Kier molecular flexibility index (Phi) is 4.55. The molecule has 0 saturated carbocycles. The average Bonchev–Trinajstić information content (AvgIpc) is 2.30. The molecule has 0 aromatic heterocycles. The van der Waals surface area contributed by atoms with Crippen molar-refractivity contribution in [1.29, 1.82) is 0 Å². The number of hydrogen-bond donors (Lipinski definition) is 1. The molecule has 0 atom stereocenters. The van der Waals surface area contributed by atoms with Crippen LogP contribution < -0.4 is 5.32 Å². The van der Waals surface area contributed by atoms with Gasteiger partial charge >= 0.3 is 0 Å². The SMILES string of the molecule is Fc1ccc(CNc2ccc(F)cc2I)c(Br)c1. The Morgan fingerprint density at radius 3 is 2.39 bits per heavy atom. The Balaban J connectivity index is 2.11. The summed E-state index contributed by atoms with van der Waals surface area (Å²) in [5, 5.41) is 3.19. The number of hydrogen-bond acceptors (Lipinski definition) is 1. The zero-order valence-electron chi connectivity index (χ0n) is 9.18. The molecule has 1 N–H and O–H groups in total. The van der Waals surface area contributed by atoms with Crippen molar-refractivity contribution in [2.75, 3.05) is 5.32 Å². The fourth-order valence-corrected chi connectivity index (χ4v) is 2.65. The third-order valence-corrected chi connectivity index (χ3v) is 4.05. The molecule has 0 bridgehead atoms. The topological polar surface area (TPSA) is 12.0 Å². The van der Waals surface area contributed by atoms with Gasteiger partial charge in [0.2, 0.25) is 0 Å². The van der Waals surface area contributed by atoms with Crippen LogP contribution in [0.3, 0.4) is 0 Å². The van der Waals surface area contributed by atoms with E-state index in [1.807, 2.05) is 0 Å². The normalized spacial score (nSPS) is 10.4. The first-order valence-corrected chi connectivity index (χ1v) is 7.06. The van der Waals surface area contributed by atoms with E-state index in [9.17, 15) is 8.78 Å². The van der Waals surface area contributed by atoms with Crippen LogP contribution in [-0.4, -0.2) is 0 Å². The largest absolute Gasteiger partial charge is 0.380 e. The van der Waals surface area contributed by atoms with Crippen molar-refractivity contribution in [3.05, 3.63) is 61.6 Å². The highest BCUT2D eigenvalue weighted by Gasteiger charge is 2.04. The Hall–Kier alpha value is -0.690. The highest BCUT2D eigenvalue weighted by molar-refractivity contribution is 14.1. The summed E-state index contributed by atoms with van der Waals surface area (Å²) < 4.78 is 27.4. The minimum Gasteiger partial charge on any atom is -0.380 e. The summed E-state index contributed by atoms with van der Waals surface area (Å²) in [6, 6.07) is 9.11. The maximum absolute atomic E-state index is 12.9. The third-order valence-electron chi connectivity index (χ3n) is 2.42. The van der Waals surface area contributed by atoms with Crippen molar-refractivity contribution in [2.24, 2.45) is 0 Å². The van der Waals surface area contributed by atoms with Crippen LogP contribution in [0.5, 0.6) is 0 Å². The first-order valence-electron chi connectivity index (χ1n) is 5.19. The Morgan fingerprint density at radius 2 is 1.72 bits per heavy atom. The highest BCUT2D eigenvalue weighted by atomic mass is 127. The van der Waals surface area contributed by atoms with Gasteiger partial charge in [-0.25, -0.2) is 8.78 Å². The lowest BCUT2D eigenvalue weighted by atomic mass is 10.2. The highest BCUT2D eigenvalue weighted by Crippen LogP contribution is 2.22. The van der Waals surface area contributed by atoms with Gasteiger partial charge in [-0.1, -0.05) is 22.0 Å². The number of anilines is 1. The van der Waals surface area contributed by atoms with Crippen LogP contribution in [0.1, 0.15) is 5.56 Å². The van der Waals surface area contributed by atoms with Crippen molar-refractivity contribution in [3.63, 3.8) is 0 Å². The molecular weight excluding hydrogens is 415 g/mol. The van der Waals surface area contributed by atoms with Crippen molar-refractivity contribution in [1.82, 2.24) is 0 Å². The van der Waals surface area contributed by atoms with Gasteiger partial charge in [0, 0.05) is 20.3 Å². The molecule has 2 aromatic carbocycles. The van der Waals surface area contributed by atoms with Crippen LogP contribution in [0.4, 0.5) is 14.5 Å². The predicted octanol–water partition coefficient (Wildman–Crippen LogP) is 4.94. The van der Waals surface area contributed by atoms with Gasteiger partial charge < -0.3 is 5.32 Å². The van der Waals surface area contributed by atoms with Gasteiger partial charge in [0.1, 0.15) is 11.6 Å². The zero-order valence-corrected chi connectivity index (χ0v) is 12.9. The Bertz CT molecular complexity index is 523. The summed E-state index contributed by atoms with van der Waals surface area (Å²) >= 11 is 5.38. The summed E-state index contributed by atoms with van der Waals surface area (Å²) in [7, 11) is 0. The molecule has 2 aromatic rings. The number of rotatable bonds is 3. The number of nitrogens with one attached hydrogen (secondary N) is 1. The molecule has 0 amide bonds. The maximum atomic E-state index is 12.9. The lowest BCUT2D eigenvalue weighted by molar-refractivity contribution is 0.625. The lowest BCUT2D eigenvalue weighted by Gasteiger charge is -2.10. The molecular formula is C13H9BrF2IN. The first kappa shape index (κ1) is 13.7. The van der Waals surface area contributed by atoms with Crippen LogP contribution in [0, 0.1) is 15.2 Å². The van der Waals surface area contributed by atoms with E-state index < -0.39 is 0 Å². The van der Waals surface area contributed by atoms with Crippen LogP contribution in [0.25, 0.3) is 0 Å². The summed E-state index contributed by atoms with van der Waals surface area (Å²) in [6.45, 7) is 0.544. The van der Waals surface area contributed by atoms with Crippen molar-refractivity contribution in [2.45, 2.75) is 6.54 Å². The average molecular weight is 424 g/mol. The van der Waals surface area contributed by atoms with Crippen LogP contribution in [-0.2, 0) is 6.54 Å². The quantitative estimate of drug-likeness (QED) is 0.689. The van der Waals surface area contributed by atoms with Gasteiger partial charge in [0.05, 0.1) is 0 Å². The van der Waals surface area contributed by atoms with E-state index >= 15 is 0 Å². The standard InChI is InChI=1S/C13H9BrF2IN/c14-11-5-9(15)2-1-8(11)7-18-13-4-3-10(16)6-12(13)17/h1-6,18H,7H2. The Labute approximate surface area is 126 Å². The second-order valence-electron chi connectivity index (χ2n) is 3.71. The molecule has 94 valence electrons. The van der Waals surface area contributed by atoms with E-state index in [4.69, 9.17) is 0 Å². The predicted molar refractivity (Wildman–Crippen MR) is 80.5 cm³/mol. The minimum absolute atomic E-state index is 0.257. The van der Waals surface area contributed by atoms with E-state index in [0.29, 0.717) is 11.0 Å². The van der Waals surface area contributed by atoms with E-state index in [2.05, 4.69) is 43.8 Å². The molecule has 2 rings (SSSR count). The molecule has 0 aliphatic rings. The number of halogens is 4. The Morgan fingerprint density at radius 1 is 1.06 bits per heavy atom.